The summed E-state index contributed by atoms with van der Waals surface area (Å²) in [5.41, 5.74) is 0.981. The standard InChI is InChI=1S/C37H51N7O6/c1-8-11-26(30(45)35(49)40-25-14-15-25)41-33(47)28-18-23-12-9-10-13-24(23)20-44(28)36(50)31(37(5,6)7)43-34(48)29(22(4)21(2)3)42-32(46)27-19-38-16-17-39-27/h9-10,12-13,16-17,19,21-22,25-26,28-29,31H,8,11,14-15,18,20H2,1-7H3,(H,40,49)(H,41,47)(H,42,46)(H,43,48)/t22?,26-,28-,29-,31+/m0/s1. The number of fused-ring (bicyclic) bond motifs is 1. The highest BCUT2D eigenvalue weighted by molar-refractivity contribution is 6.38. The van der Waals surface area contributed by atoms with E-state index in [1.165, 1.54) is 23.5 Å². The fraction of sp³-hybridized carbons (Fsp3) is 0.568. The lowest BCUT2D eigenvalue weighted by Gasteiger charge is -2.41. The van der Waals surface area contributed by atoms with Gasteiger partial charge in [0, 0.05) is 31.4 Å². The van der Waals surface area contributed by atoms with Crippen molar-refractivity contribution in [3.8, 4) is 0 Å². The number of benzene rings is 1. The molecule has 1 aromatic heterocycles. The van der Waals surface area contributed by atoms with Crippen LogP contribution >= 0.6 is 0 Å². The zero-order chi connectivity index (χ0) is 36.7. The second-order valence-corrected chi connectivity index (χ2v) is 14.9. The van der Waals surface area contributed by atoms with E-state index in [4.69, 9.17) is 0 Å². The number of rotatable bonds is 14. The van der Waals surface area contributed by atoms with E-state index in [0.29, 0.717) is 6.42 Å². The Labute approximate surface area is 294 Å². The van der Waals surface area contributed by atoms with Gasteiger partial charge < -0.3 is 26.2 Å². The maximum absolute atomic E-state index is 14.7. The minimum Gasteiger partial charge on any atom is -0.347 e. The molecular weight excluding hydrogens is 638 g/mol. The van der Waals surface area contributed by atoms with Gasteiger partial charge in [-0.15, -0.1) is 0 Å². The van der Waals surface area contributed by atoms with E-state index in [-0.39, 0.29) is 43.0 Å². The molecule has 1 unspecified atom stereocenters. The van der Waals surface area contributed by atoms with Crippen molar-refractivity contribution in [3.63, 3.8) is 0 Å². The fourth-order valence-electron chi connectivity index (χ4n) is 5.96. The average molecular weight is 690 g/mol. The number of amides is 5. The van der Waals surface area contributed by atoms with Gasteiger partial charge in [-0.25, -0.2) is 4.98 Å². The molecule has 0 bridgehead atoms. The third-order valence-electron chi connectivity index (χ3n) is 9.52. The number of aromatic nitrogens is 2. The lowest BCUT2D eigenvalue weighted by molar-refractivity contribution is -0.148. The Morgan fingerprint density at radius 2 is 1.62 bits per heavy atom. The first-order valence-electron chi connectivity index (χ1n) is 17.5. The largest absolute Gasteiger partial charge is 0.347 e. The summed E-state index contributed by atoms with van der Waals surface area (Å²) in [6, 6.07) is 3.33. The number of nitrogens with one attached hydrogen (secondary N) is 4. The molecule has 13 nitrogen and oxygen atoms in total. The SMILES string of the molecule is CCC[C@H](NC(=O)[C@@H]1Cc2ccccc2CN1C(=O)[C@@H](NC(=O)[C@@H](NC(=O)c1cnccn1)C(C)C(C)C)C(C)(C)C)C(=O)C(=O)NC1CC1. The molecule has 1 fully saturated rings. The van der Waals surface area contributed by atoms with Crippen molar-refractivity contribution >= 4 is 35.3 Å². The van der Waals surface area contributed by atoms with Crippen LogP contribution in [0.5, 0.6) is 0 Å². The molecule has 1 saturated carbocycles. The summed E-state index contributed by atoms with van der Waals surface area (Å²) in [4.78, 5) is 91.1. The van der Waals surface area contributed by atoms with Crippen LogP contribution < -0.4 is 21.3 Å². The minimum atomic E-state index is -1.09. The highest BCUT2D eigenvalue weighted by Crippen LogP contribution is 2.29. The molecule has 1 aromatic carbocycles. The highest BCUT2D eigenvalue weighted by Gasteiger charge is 2.44. The molecule has 4 N–H and O–H groups in total. The number of carbonyl (C=O) groups excluding carboxylic acids is 6. The van der Waals surface area contributed by atoms with Gasteiger partial charge in [-0.1, -0.05) is 79.2 Å². The first-order valence-corrected chi connectivity index (χ1v) is 17.5. The predicted octanol–water partition coefficient (Wildman–Crippen LogP) is 2.48. The van der Waals surface area contributed by atoms with E-state index in [0.717, 1.165) is 24.0 Å². The average Bonchev–Trinajstić information content (AvgIpc) is 3.91. The topological polar surface area (TPSA) is 180 Å². The molecule has 5 amide bonds. The van der Waals surface area contributed by atoms with E-state index in [2.05, 4.69) is 31.2 Å². The quantitative estimate of drug-likeness (QED) is 0.219. The lowest BCUT2D eigenvalue weighted by Crippen LogP contribution is -2.63. The summed E-state index contributed by atoms with van der Waals surface area (Å²) in [6.07, 6.45) is 6.76. The van der Waals surface area contributed by atoms with Gasteiger partial charge in [0.25, 0.3) is 11.8 Å². The summed E-state index contributed by atoms with van der Waals surface area (Å²) in [7, 11) is 0. The highest BCUT2D eigenvalue weighted by atomic mass is 16.2. The molecule has 1 aliphatic heterocycles. The molecule has 0 radical (unpaired) electrons. The van der Waals surface area contributed by atoms with Gasteiger partial charge in [0.15, 0.2) is 0 Å². The number of Topliss-reactive ketones (excluding diaryl/α,β-unsaturated/α-hetero) is 1. The van der Waals surface area contributed by atoms with Crippen LogP contribution in [-0.4, -0.2) is 80.4 Å². The van der Waals surface area contributed by atoms with Crippen molar-refractivity contribution < 1.29 is 28.8 Å². The second-order valence-electron chi connectivity index (χ2n) is 14.9. The van der Waals surface area contributed by atoms with E-state index in [1.807, 2.05) is 72.7 Å². The molecule has 0 spiro atoms. The Kier molecular flexibility index (Phi) is 12.5. The van der Waals surface area contributed by atoms with Gasteiger partial charge in [-0.05, 0) is 47.6 Å². The molecule has 2 heterocycles. The van der Waals surface area contributed by atoms with E-state index >= 15 is 0 Å². The van der Waals surface area contributed by atoms with Gasteiger partial charge in [0.2, 0.25) is 23.5 Å². The number of hydrogen-bond donors (Lipinski definition) is 4. The summed E-state index contributed by atoms with van der Waals surface area (Å²) in [5, 5.41) is 11.2. The van der Waals surface area contributed by atoms with E-state index in [9.17, 15) is 28.8 Å². The Bertz CT molecular complexity index is 1570. The molecule has 270 valence electrons. The summed E-state index contributed by atoms with van der Waals surface area (Å²) in [6.45, 7) is 13.1. The van der Waals surface area contributed by atoms with Crippen LogP contribution in [0.3, 0.4) is 0 Å². The number of hydrogen-bond acceptors (Lipinski definition) is 8. The molecular formula is C37H51N7O6. The van der Waals surface area contributed by atoms with Gasteiger partial charge in [0.05, 0.1) is 12.2 Å². The summed E-state index contributed by atoms with van der Waals surface area (Å²) < 4.78 is 0. The van der Waals surface area contributed by atoms with Gasteiger partial charge in [-0.2, -0.15) is 0 Å². The van der Waals surface area contributed by atoms with Crippen LogP contribution in [0.15, 0.2) is 42.9 Å². The van der Waals surface area contributed by atoms with Crippen molar-refractivity contribution in [2.24, 2.45) is 17.3 Å². The third kappa shape index (κ3) is 9.51. The molecule has 0 saturated heterocycles. The molecule has 2 aromatic rings. The van der Waals surface area contributed by atoms with Crippen LogP contribution in [0.25, 0.3) is 0 Å². The molecule has 4 rings (SSSR count). The van der Waals surface area contributed by atoms with Gasteiger partial charge in [0.1, 0.15) is 23.8 Å². The molecule has 1 aliphatic carbocycles. The van der Waals surface area contributed by atoms with E-state index in [1.54, 1.807) is 0 Å². The van der Waals surface area contributed by atoms with Crippen molar-refractivity contribution in [2.75, 3.05) is 0 Å². The summed E-state index contributed by atoms with van der Waals surface area (Å²) in [5.74, 6) is -3.93. The number of carbonyl (C=O) groups is 6. The van der Waals surface area contributed by atoms with Gasteiger partial charge in [-0.3, -0.25) is 33.8 Å². The first kappa shape index (κ1) is 38.1. The minimum absolute atomic E-state index is 0.00602. The van der Waals surface area contributed by atoms with Gasteiger partial charge >= 0.3 is 0 Å². The Morgan fingerprint density at radius 1 is 0.940 bits per heavy atom. The fourth-order valence-corrected chi connectivity index (χ4v) is 5.96. The monoisotopic (exact) mass is 689 g/mol. The van der Waals surface area contributed by atoms with Crippen molar-refractivity contribution in [1.82, 2.24) is 36.1 Å². The zero-order valence-electron chi connectivity index (χ0n) is 30.1. The van der Waals surface area contributed by atoms with Crippen molar-refractivity contribution in [2.45, 2.75) is 117 Å². The third-order valence-corrected chi connectivity index (χ3v) is 9.52. The van der Waals surface area contributed by atoms with Crippen LogP contribution in [0.1, 0.15) is 95.8 Å². The molecule has 50 heavy (non-hydrogen) atoms. The molecule has 5 atom stereocenters. The van der Waals surface area contributed by atoms with Crippen LogP contribution in [0, 0.1) is 17.3 Å². The zero-order valence-corrected chi connectivity index (χ0v) is 30.1. The Balaban J connectivity index is 1.62. The maximum Gasteiger partial charge on any atom is 0.289 e. The van der Waals surface area contributed by atoms with Crippen molar-refractivity contribution in [3.05, 3.63) is 59.7 Å². The van der Waals surface area contributed by atoms with Crippen LogP contribution in [0.4, 0.5) is 0 Å². The Hall–Kier alpha value is -4.68. The summed E-state index contributed by atoms with van der Waals surface area (Å²) >= 11 is 0. The Morgan fingerprint density at radius 3 is 2.20 bits per heavy atom. The molecule has 2 aliphatic rings. The van der Waals surface area contributed by atoms with Crippen LogP contribution in [-0.2, 0) is 36.9 Å². The second kappa shape index (κ2) is 16.4. The smallest absolute Gasteiger partial charge is 0.289 e. The maximum atomic E-state index is 14.7. The number of nitrogens with zero attached hydrogens (tertiary/aromatic N) is 3. The van der Waals surface area contributed by atoms with E-state index < -0.39 is 64.9 Å². The van der Waals surface area contributed by atoms with Crippen LogP contribution in [0.2, 0.25) is 0 Å². The number of ketones is 1. The van der Waals surface area contributed by atoms with Crippen molar-refractivity contribution in [1.29, 1.82) is 0 Å². The lowest BCUT2D eigenvalue weighted by atomic mass is 9.83. The molecule has 13 heteroatoms. The predicted molar refractivity (Wildman–Crippen MR) is 186 cm³/mol. The first-order chi connectivity index (χ1) is 23.6. The normalized spacial score (nSPS) is 18.2.